The number of anilines is 3. The van der Waals surface area contributed by atoms with Gasteiger partial charge < -0.3 is 10.2 Å². The van der Waals surface area contributed by atoms with Gasteiger partial charge in [0, 0.05) is 17.8 Å². The van der Waals surface area contributed by atoms with Crippen molar-refractivity contribution in [1.82, 2.24) is 9.97 Å². The van der Waals surface area contributed by atoms with E-state index in [1.165, 1.54) is 22.8 Å². The van der Waals surface area contributed by atoms with Gasteiger partial charge >= 0.3 is 0 Å². The lowest BCUT2D eigenvalue weighted by Crippen LogP contribution is -2.35. The number of hydrogen-bond donors (Lipinski definition) is 1. The Morgan fingerprint density at radius 3 is 2.68 bits per heavy atom. The lowest BCUT2D eigenvalue weighted by atomic mass is 9.93. The Hall–Kier alpha value is -2.66. The minimum atomic E-state index is -0.218. The van der Waals surface area contributed by atoms with Crippen molar-refractivity contribution in [2.45, 2.75) is 52.0 Å². The van der Waals surface area contributed by atoms with Gasteiger partial charge in [0.15, 0.2) is 0 Å². The molecule has 0 fully saturated rings. The lowest BCUT2D eigenvalue weighted by molar-refractivity contribution is 0.599. The van der Waals surface area contributed by atoms with Gasteiger partial charge in [0.2, 0.25) is 5.95 Å². The van der Waals surface area contributed by atoms with E-state index in [0.717, 1.165) is 67.4 Å². The normalized spacial score (nSPS) is 17.4. The van der Waals surface area contributed by atoms with Gasteiger partial charge in [-0.2, -0.15) is 4.98 Å². The second kappa shape index (κ2) is 8.83. The maximum absolute atomic E-state index is 13.6. The Morgan fingerprint density at radius 1 is 1.03 bits per heavy atom. The van der Waals surface area contributed by atoms with Crippen molar-refractivity contribution >= 4 is 29.9 Å². The third-order valence-corrected chi connectivity index (χ3v) is 6.46. The zero-order valence-electron chi connectivity index (χ0n) is 18.0. The number of nitrogens with zero attached hydrogens (tertiary/aromatic N) is 3. The molecular formula is C25H28ClFN4. The molecule has 4 nitrogen and oxygen atoms in total. The molecule has 0 saturated carbocycles. The molecular weight excluding hydrogens is 411 g/mol. The van der Waals surface area contributed by atoms with E-state index in [-0.39, 0.29) is 24.3 Å². The van der Waals surface area contributed by atoms with Gasteiger partial charge in [-0.15, -0.1) is 12.4 Å². The molecule has 1 atom stereocenters. The Labute approximate surface area is 189 Å². The molecule has 1 aliphatic carbocycles. The number of nitrogens with one attached hydrogen (secondary N) is 1. The van der Waals surface area contributed by atoms with Gasteiger partial charge in [0.25, 0.3) is 0 Å². The van der Waals surface area contributed by atoms with Crippen molar-refractivity contribution in [3.05, 3.63) is 76.2 Å². The van der Waals surface area contributed by atoms with Crippen LogP contribution in [0.15, 0.2) is 42.5 Å². The molecule has 2 heterocycles. The van der Waals surface area contributed by atoms with Crippen LogP contribution >= 0.6 is 12.4 Å². The molecule has 2 aliphatic rings. The van der Waals surface area contributed by atoms with Crippen molar-refractivity contribution in [3.8, 4) is 0 Å². The summed E-state index contributed by atoms with van der Waals surface area (Å²) in [6.45, 7) is 5.06. The molecule has 31 heavy (non-hydrogen) atoms. The predicted molar refractivity (Wildman–Crippen MR) is 126 cm³/mol. The topological polar surface area (TPSA) is 41.1 Å². The molecule has 0 saturated heterocycles. The van der Waals surface area contributed by atoms with Crippen molar-refractivity contribution in [1.29, 1.82) is 0 Å². The standard InChI is InChI=1S/C25H27FN4.ClH/c1-16-15-19(26)11-12-22(16)27-24-21-9-5-6-10-23(21)28-25(29-24)30-14-13-18-7-3-4-8-20(18)17(30)2;/h3-4,7-8,11-12,15,17H,5-6,9-10,13-14H2,1-2H3,(H,27,28,29);1H. The Bertz CT molecular complexity index is 1100. The quantitative estimate of drug-likeness (QED) is 0.537. The van der Waals surface area contributed by atoms with Crippen molar-refractivity contribution in [2.75, 3.05) is 16.8 Å². The van der Waals surface area contributed by atoms with Crippen molar-refractivity contribution < 1.29 is 4.39 Å². The van der Waals surface area contributed by atoms with Crippen LogP contribution in [-0.4, -0.2) is 16.5 Å². The average Bonchev–Trinajstić information content (AvgIpc) is 2.76. The fourth-order valence-electron chi connectivity index (χ4n) is 4.75. The monoisotopic (exact) mass is 438 g/mol. The third-order valence-electron chi connectivity index (χ3n) is 6.46. The molecule has 2 aromatic carbocycles. The van der Waals surface area contributed by atoms with E-state index in [4.69, 9.17) is 9.97 Å². The van der Waals surface area contributed by atoms with Crippen LogP contribution < -0.4 is 10.2 Å². The smallest absolute Gasteiger partial charge is 0.228 e. The van der Waals surface area contributed by atoms with Crippen LogP contribution in [0.5, 0.6) is 0 Å². The van der Waals surface area contributed by atoms with E-state index in [0.29, 0.717) is 0 Å². The molecule has 162 valence electrons. The maximum Gasteiger partial charge on any atom is 0.228 e. The lowest BCUT2D eigenvalue weighted by Gasteiger charge is -2.36. The van der Waals surface area contributed by atoms with Crippen LogP contribution in [0.3, 0.4) is 0 Å². The third kappa shape index (κ3) is 4.11. The number of halogens is 2. The van der Waals surface area contributed by atoms with Crippen LogP contribution in [0, 0.1) is 12.7 Å². The molecule has 6 heteroatoms. The van der Waals surface area contributed by atoms with Crippen LogP contribution in [0.25, 0.3) is 0 Å². The Balaban J connectivity index is 0.00000231. The Kier molecular flexibility index (Phi) is 6.15. The zero-order valence-corrected chi connectivity index (χ0v) is 18.8. The Morgan fingerprint density at radius 2 is 1.84 bits per heavy atom. The molecule has 3 aromatic rings. The van der Waals surface area contributed by atoms with Crippen LogP contribution in [0.4, 0.5) is 21.8 Å². The minimum Gasteiger partial charge on any atom is -0.340 e. The first-order valence-electron chi connectivity index (χ1n) is 10.9. The summed E-state index contributed by atoms with van der Waals surface area (Å²) in [4.78, 5) is 12.3. The number of rotatable bonds is 3. The molecule has 1 N–H and O–H groups in total. The summed E-state index contributed by atoms with van der Waals surface area (Å²) in [5, 5.41) is 3.50. The molecule has 5 rings (SSSR count). The van der Waals surface area contributed by atoms with Crippen LogP contribution in [0.1, 0.15) is 53.8 Å². The first kappa shape index (κ1) is 21.6. The van der Waals surface area contributed by atoms with Gasteiger partial charge in [-0.1, -0.05) is 24.3 Å². The number of aromatic nitrogens is 2. The zero-order chi connectivity index (χ0) is 20.7. The van der Waals surface area contributed by atoms with Crippen LogP contribution in [0.2, 0.25) is 0 Å². The molecule has 0 bridgehead atoms. The number of benzene rings is 2. The summed E-state index contributed by atoms with van der Waals surface area (Å²) in [7, 11) is 0. The van der Waals surface area contributed by atoms with Gasteiger partial charge in [-0.05, 0) is 80.8 Å². The van der Waals surface area contributed by atoms with Crippen LogP contribution in [-0.2, 0) is 19.3 Å². The first-order valence-corrected chi connectivity index (χ1v) is 10.9. The minimum absolute atomic E-state index is 0. The first-order chi connectivity index (χ1) is 14.6. The maximum atomic E-state index is 13.6. The highest BCUT2D eigenvalue weighted by atomic mass is 35.5. The molecule has 0 radical (unpaired) electrons. The average molecular weight is 439 g/mol. The number of aryl methyl sites for hydroxylation is 2. The second-order valence-corrected chi connectivity index (χ2v) is 8.41. The highest BCUT2D eigenvalue weighted by molar-refractivity contribution is 5.85. The molecule has 1 aliphatic heterocycles. The van der Waals surface area contributed by atoms with E-state index >= 15 is 0 Å². The van der Waals surface area contributed by atoms with E-state index < -0.39 is 0 Å². The van der Waals surface area contributed by atoms with Crippen molar-refractivity contribution in [3.63, 3.8) is 0 Å². The molecule has 1 unspecified atom stereocenters. The molecule has 0 amide bonds. The summed E-state index contributed by atoms with van der Waals surface area (Å²) in [5.41, 5.74) is 6.90. The summed E-state index contributed by atoms with van der Waals surface area (Å²) in [6.07, 6.45) is 5.29. The van der Waals surface area contributed by atoms with E-state index in [1.807, 2.05) is 6.92 Å². The van der Waals surface area contributed by atoms with Crippen molar-refractivity contribution in [2.24, 2.45) is 0 Å². The number of fused-ring (bicyclic) bond motifs is 2. The molecule has 0 spiro atoms. The van der Waals surface area contributed by atoms with E-state index in [9.17, 15) is 4.39 Å². The predicted octanol–water partition coefficient (Wildman–Crippen LogP) is 6.09. The van der Waals surface area contributed by atoms with Gasteiger partial charge in [0.1, 0.15) is 11.6 Å². The number of hydrogen-bond acceptors (Lipinski definition) is 4. The fraction of sp³-hybridized carbons (Fsp3) is 0.360. The second-order valence-electron chi connectivity index (χ2n) is 8.41. The van der Waals surface area contributed by atoms with Gasteiger partial charge in [-0.25, -0.2) is 9.37 Å². The molecule has 1 aromatic heterocycles. The van der Waals surface area contributed by atoms with Gasteiger partial charge in [0.05, 0.1) is 11.7 Å². The highest BCUT2D eigenvalue weighted by Gasteiger charge is 2.28. The van der Waals surface area contributed by atoms with E-state index in [1.54, 1.807) is 12.1 Å². The summed E-state index contributed by atoms with van der Waals surface area (Å²) in [6, 6.07) is 13.7. The van der Waals surface area contributed by atoms with Gasteiger partial charge in [-0.3, -0.25) is 0 Å². The SMILES string of the molecule is Cc1cc(F)ccc1Nc1nc(N2CCc3ccccc3C2C)nc2c1CCCC2.Cl. The highest BCUT2D eigenvalue weighted by Crippen LogP contribution is 2.35. The van der Waals surface area contributed by atoms with E-state index in [2.05, 4.69) is 41.4 Å². The summed E-state index contributed by atoms with van der Waals surface area (Å²) < 4.78 is 13.6. The fourth-order valence-corrected chi connectivity index (χ4v) is 4.75. The summed E-state index contributed by atoms with van der Waals surface area (Å²) >= 11 is 0. The summed E-state index contributed by atoms with van der Waals surface area (Å²) in [5.74, 6) is 1.44. The largest absolute Gasteiger partial charge is 0.340 e.